The van der Waals surface area contributed by atoms with Gasteiger partial charge >= 0.3 is 0 Å². The largest absolute Gasteiger partial charge is 0.389 e. The molecule has 0 saturated heterocycles. The molecule has 0 spiro atoms. The number of thiocarbonyl (C=S) groups is 1. The third-order valence-electron chi connectivity index (χ3n) is 2.48. The molecule has 0 bridgehead atoms. The number of nitrogens with two attached hydrogens (primary N) is 1. The molecule has 0 aliphatic carbocycles. The van der Waals surface area contributed by atoms with Crippen LogP contribution in [0.25, 0.3) is 0 Å². The normalized spacial score (nSPS) is 10.1. The fourth-order valence-electron chi connectivity index (χ4n) is 1.55. The van der Waals surface area contributed by atoms with Crippen molar-refractivity contribution in [2.45, 2.75) is 6.54 Å². The zero-order valence-electron chi connectivity index (χ0n) is 9.56. The lowest BCUT2D eigenvalue weighted by Crippen LogP contribution is -2.13. The smallest absolute Gasteiger partial charge is 0.123 e. The Kier molecular flexibility index (Phi) is 3.84. The van der Waals surface area contributed by atoms with Crippen LogP contribution < -0.4 is 11.1 Å². The van der Waals surface area contributed by atoms with Crippen molar-refractivity contribution in [2.24, 2.45) is 5.73 Å². The second-order valence-electron chi connectivity index (χ2n) is 3.77. The van der Waals surface area contributed by atoms with Gasteiger partial charge in [0, 0.05) is 18.3 Å². The summed E-state index contributed by atoms with van der Waals surface area (Å²) in [7, 11) is 0. The van der Waals surface area contributed by atoms with Crippen LogP contribution in [-0.2, 0) is 6.54 Å². The molecular weight excluding hydrogens is 249 g/mol. The van der Waals surface area contributed by atoms with Crippen molar-refractivity contribution in [3.05, 3.63) is 59.7 Å². The Labute approximate surface area is 110 Å². The van der Waals surface area contributed by atoms with Crippen molar-refractivity contribution in [3.8, 4) is 0 Å². The molecule has 0 saturated carbocycles. The lowest BCUT2D eigenvalue weighted by atomic mass is 10.2. The molecule has 1 heterocycles. The van der Waals surface area contributed by atoms with E-state index in [9.17, 15) is 4.39 Å². The van der Waals surface area contributed by atoms with Crippen molar-refractivity contribution in [2.75, 3.05) is 5.32 Å². The van der Waals surface area contributed by atoms with Gasteiger partial charge in [0.05, 0.1) is 11.9 Å². The molecule has 2 rings (SSSR count). The van der Waals surface area contributed by atoms with Crippen LogP contribution in [0.4, 0.5) is 10.1 Å². The summed E-state index contributed by atoms with van der Waals surface area (Å²) < 4.78 is 12.8. The zero-order chi connectivity index (χ0) is 13.0. The molecule has 0 atom stereocenters. The first-order valence-corrected chi connectivity index (χ1v) is 5.80. The van der Waals surface area contributed by atoms with Crippen LogP contribution in [0.2, 0.25) is 0 Å². The molecule has 3 nitrogen and oxygen atoms in total. The fourth-order valence-corrected chi connectivity index (χ4v) is 1.73. The molecule has 0 aliphatic heterocycles. The summed E-state index contributed by atoms with van der Waals surface area (Å²) in [5.41, 5.74) is 8.11. The number of nitrogens with zero attached hydrogens (tertiary/aromatic N) is 1. The maximum Gasteiger partial charge on any atom is 0.123 e. The second-order valence-corrected chi connectivity index (χ2v) is 4.21. The Balaban J connectivity index is 2.10. The van der Waals surface area contributed by atoms with Crippen LogP contribution >= 0.6 is 12.2 Å². The van der Waals surface area contributed by atoms with E-state index in [-0.39, 0.29) is 5.82 Å². The molecule has 92 valence electrons. The number of halogens is 1. The maximum absolute atomic E-state index is 12.8. The molecule has 1 aromatic heterocycles. The van der Waals surface area contributed by atoms with Crippen LogP contribution in [0.1, 0.15) is 11.1 Å². The SMILES string of the molecule is NC(=S)c1ccncc1NCc1ccc(F)cc1. The molecule has 0 amide bonds. The van der Waals surface area contributed by atoms with E-state index in [1.165, 1.54) is 12.1 Å². The first-order chi connectivity index (χ1) is 8.66. The lowest BCUT2D eigenvalue weighted by molar-refractivity contribution is 0.627. The number of pyridine rings is 1. The average Bonchev–Trinajstić information content (AvgIpc) is 2.38. The third kappa shape index (κ3) is 3.01. The third-order valence-corrected chi connectivity index (χ3v) is 2.70. The fraction of sp³-hybridized carbons (Fsp3) is 0.0769. The topological polar surface area (TPSA) is 50.9 Å². The molecule has 0 radical (unpaired) electrons. The van der Waals surface area contributed by atoms with Crippen LogP contribution in [0, 0.1) is 5.82 Å². The van der Waals surface area contributed by atoms with Gasteiger partial charge in [0.25, 0.3) is 0 Å². The van der Waals surface area contributed by atoms with E-state index in [4.69, 9.17) is 18.0 Å². The number of rotatable bonds is 4. The summed E-state index contributed by atoms with van der Waals surface area (Å²) in [4.78, 5) is 4.33. The summed E-state index contributed by atoms with van der Waals surface area (Å²) in [6.07, 6.45) is 3.30. The van der Waals surface area contributed by atoms with Gasteiger partial charge in [-0.3, -0.25) is 4.98 Å². The Morgan fingerprint density at radius 3 is 2.67 bits per heavy atom. The van der Waals surface area contributed by atoms with E-state index in [0.29, 0.717) is 11.5 Å². The number of aromatic nitrogens is 1. The molecule has 0 fully saturated rings. The lowest BCUT2D eigenvalue weighted by Gasteiger charge is -2.10. The molecule has 3 N–H and O–H groups in total. The first kappa shape index (κ1) is 12.4. The average molecular weight is 261 g/mol. The van der Waals surface area contributed by atoms with E-state index in [2.05, 4.69) is 10.3 Å². The van der Waals surface area contributed by atoms with Gasteiger partial charge in [0.1, 0.15) is 10.8 Å². The molecule has 2 aromatic rings. The van der Waals surface area contributed by atoms with Crippen LogP contribution in [0.15, 0.2) is 42.7 Å². The highest BCUT2D eigenvalue weighted by molar-refractivity contribution is 7.80. The standard InChI is InChI=1S/C13H12FN3S/c14-10-3-1-9(2-4-10)7-17-12-8-16-6-5-11(12)13(15)18/h1-6,8,17H,7H2,(H2,15,18). The van der Waals surface area contributed by atoms with Crippen molar-refractivity contribution in [1.29, 1.82) is 0 Å². The van der Waals surface area contributed by atoms with Gasteiger partial charge in [-0.1, -0.05) is 24.4 Å². The van der Waals surface area contributed by atoms with E-state index in [0.717, 1.165) is 16.8 Å². The van der Waals surface area contributed by atoms with Crippen LogP contribution in [-0.4, -0.2) is 9.97 Å². The van der Waals surface area contributed by atoms with E-state index in [1.54, 1.807) is 30.6 Å². The first-order valence-electron chi connectivity index (χ1n) is 5.39. The molecule has 18 heavy (non-hydrogen) atoms. The Morgan fingerprint density at radius 1 is 1.28 bits per heavy atom. The van der Waals surface area contributed by atoms with E-state index >= 15 is 0 Å². The summed E-state index contributed by atoms with van der Waals surface area (Å²) >= 11 is 4.96. The van der Waals surface area contributed by atoms with Gasteiger partial charge in [0.15, 0.2) is 0 Å². The summed E-state index contributed by atoms with van der Waals surface area (Å²) in [5.74, 6) is -0.246. The van der Waals surface area contributed by atoms with E-state index < -0.39 is 0 Å². The minimum atomic E-state index is -0.246. The second kappa shape index (κ2) is 5.55. The van der Waals surface area contributed by atoms with E-state index in [1.807, 2.05) is 0 Å². The minimum absolute atomic E-state index is 0.246. The van der Waals surface area contributed by atoms with Crippen LogP contribution in [0.5, 0.6) is 0 Å². The Morgan fingerprint density at radius 2 is 2.00 bits per heavy atom. The van der Waals surface area contributed by atoms with Crippen molar-refractivity contribution in [1.82, 2.24) is 4.98 Å². The zero-order valence-corrected chi connectivity index (χ0v) is 10.4. The number of anilines is 1. The predicted molar refractivity (Wildman–Crippen MR) is 73.9 cm³/mol. The highest BCUT2D eigenvalue weighted by Crippen LogP contribution is 2.14. The quantitative estimate of drug-likeness (QED) is 0.830. The molecule has 5 heteroatoms. The summed E-state index contributed by atoms with van der Waals surface area (Å²) in [6.45, 7) is 0.557. The Bertz CT molecular complexity index is 554. The van der Waals surface area contributed by atoms with Gasteiger partial charge in [-0.05, 0) is 23.8 Å². The van der Waals surface area contributed by atoms with Gasteiger partial charge in [-0.2, -0.15) is 0 Å². The molecular formula is C13H12FN3S. The monoisotopic (exact) mass is 261 g/mol. The van der Waals surface area contributed by atoms with Gasteiger partial charge in [-0.25, -0.2) is 4.39 Å². The minimum Gasteiger partial charge on any atom is -0.389 e. The van der Waals surface area contributed by atoms with Gasteiger partial charge < -0.3 is 11.1 Å². The number of hydrogen-bond donors (Lipinski definition) is 2. The van der Waals surface area contributed by atoms with Crippen molar-refractivity contribution >= 4 is 22.9 Å². The van der Waals surface area contributed by atoms with Crippen LogP contribution in [0.3, 0.4) is 0 Å². The molecule has 0 unspecified atom stereocenters. The predicted octanol–water partition coefficient (Wildman–Crippen LogP) is 2.47. The highest BCUT2D eigenvalue weighted by atomic mass is 32.1. The maximum atomic E-state index is 12.8. The molecule has 1 aromatic carbocycles. The Hall–Kier alpha value is -2.01. The number of nitrogens with one attached hydrogen (secondary N) is 1. The molecule has 0 aliphatic rings. The van der Waals surface area contributed by atoms with Crippen molar-refractivity contribution in [3.63, 3.8) is 0 Å². The van der Waals surface area contributed by atoms with Crippen molar-refractivity contribution < 1.29 is 4.39 Å². The highest BCUT2D eigenvalue weighted by Gasteiger charge is 2.04. The number of hydrogen-bond acceptors (Lipinski definition) is 3. The van der Waals surface area contributed by atoms with Gasteiger partial charge in [0.2, 0.25) is 0 Å². The summed E-state index contributed by atoms with van der Waals surface area (Å²) in [5, 5.41) is 3.18. The summed E-state index contributed by atoms with van der Waals surface area (Å²) in [6, 6.07) is 8.05. The van der Waals surface area contributed by atoms with Gasteiger partial charge in [-0.15, -0.1) is 0 Å². The number of benzene rings is 1.